The molecule has 2 aromatic rings. The summed E-state index contributed by atoms with van der Waals surface area (Å²) in [6.07, 6.45) is 5.82. The number of anilines is 1. The second-order valence-electron chi connectivity index (χ2n) is 4.99. The Labute approximate surface area is 123 Å². The van der Waals surface area contributed by atoms with E-state index in [2.05, 4.69) is 30.0 Å². The molecule has 21 heavy (non-hydrogen) atoms. The molecule has 1 aliphatic rings. The lowest BCUT2D eigenvalue weighted by molar-refractivity contribution is 0.326. The molecule has 0 unspecified atom stereocenters. The van der Waals surface area contributed by atoms with E-state index in [1.54, 1.807) is 0 Å². The van der Waals surface area contributed by atoms with Gasteiger partial charge in [-0.15, -0.1) is 10.2 Å². The molecule has 7 heteroatoms. The second-order valence-corrected chi connectivity index (χ2v) is 4.99. The number of hydrogen-bond acceptors (Lipinski definition) is 6. The summed E-state index contributed by atoms with van der Waals surface area (Å²) >= 11 is 0. The van der Waals surface area contributed by atoms with Crippen LogP contribution in [0.3, 0.4) is 0 Å². The quantitative estimate of drug-likeness (QED) is 0.867. The van der Waals surface area contributed by atoms with Gasteiger partial charge in [0.1, 0.15) is 23.8 Å². The molecule has 1 aliphatic heterocycles. The van der Waals surface area contributed by atoms with Crippen LogP contribution < -0.4 is 10.1 Å². The predicted molar refractivity (Wildman–Crippen MR) is 78.4 cm³/mol. The number of rotatable bonds is 6. The average molecular weight is 288 g/mol. The molecule has 0 amide bonds. The van der Waals surface area contributed by atoms with Crippen LogP contribution in [0, 0.1) is 0 Å². The molecule has 112 valence electrons. The molecule has 0 bridgehead atoms. The van der Waals surface area contributed by atoms with Gasteiger partial charge in [0.15, 0.2) is 0 Å². The normalized spacial score (nSPS) is 13.8. The highest BCUT2D eigenvalue weighted by atomic mass is 16.5. The van der Waals surface area contributed by atoms with E-state index in [4.69, 9.17) is 4.74 Å². The van der Waals surface area contributed by atoms with Crippen LogP contribution in [-0.2, 0) is 19.4 Å². The van der Waals surface area contributed by atoms with Crippen LogP contribution in [0.4, 0.5) is 5.82 Å². The Morgan fingerprint density at radius 1 is 1.29 bits per heavy atom. The van der Waals surface area contributed by atoms with E-state index in [-0.39, 0.29) is 0 Å². The van der Waals surface area contributed by atoms with Gasteiger partial charge >= 0.3 is 0 Å². The van der Waals surface area contributed by atoms with Crippen LogP contribution in [-0.4, -0.2) is 37.9 Å². The van der Waals surface area contributed by atoms with Gasteiger partial charge in [-0.2, -0.15) is 0 Å². The SMILES string of the molecule is CCOc1cc(NCCc2nnc3n2CCCC3)ncn1. The van der Waals surface area contributed by atoms with E-state index < -0.39 is 0 Å². The molecule has 3 heterocycles. The number of aryl methyl sites for hydroxylation is 1. The first kappa shape index (κ1) is 13.8. The summed E-state index contributed by atoms with van der Waals surface area (Å²) in [7, 11) is 0. The highest BCUT2D eigenvalue weighted by Gasteiger charge is 2.15. The van der Waals surface area contributed by atoms with E-state index in [1.165, 1.54) is 19.2 Å². The molecule has 7 nitrogen and oxygen atoms in total. The molecule has 3 rings (SSSR count). The summed E-state index contributed by atoms with van der Waals surface area (Å²) in [6.45, 7) is 4.34. The minimum Gasteiger partial charge on any atom is -0.478 e. The zero-order valence-corrected chi connectivity index (χ0v) is 12.2. The molecule has 0 aliphatic carbocycles. The van der Waals surface area contributed by atoms with Gasteiger partial charge in [0.2, 0.25) is 5.88 Å². The van der Waals surface area contributed by atoms with Gasteiger partial charge < -0.3 is 14.6 Å². The molecule has 1 N–H and O–H groups in total. The highest BCUT2D eigenvalue weighted by Crippen LogP contribution is 2.15. The van der Waals surface area contributed by atoms with Crippen molar-refractivity contribution in [3.05, 3.63) is 24.0 Å². The van der Waals surface area contributed by atoms with E-state index >= 15 is 0 Å². The van der Waals surface area contributed by atoms with Crippen molar-refractivity contribution in [3.8, 4) is 5.88 Å². The molecule has 0 atom stereocenters. The van der Waals surface area contributed by atoms with Gasteiger partial charge in [0.05, 0.1) is 6.61 Å². The molecule has 2 aromatic heterocycles. The number of fused-ring (bicyclic) bond motifs is 1. The van der Waals surface area contributed by atoms with Crippen molar-refractivity contribution in [2.45, 2.75) is 39.2 Å². The lowest BCUT2D eigenvalue weighted by Crippen LogP contribution is -2.16. The van der Waals surface area contributed by atoms with E-state index in [1.807, 2.05) is 13.0 Å². The smallest absolute Gasteiger partial charge is 0.218 e. The summed E-state index contributed by atoms with van der Waals surface area (Å²) in [5.41, 5.74) is 0. The predicted octanol–water partition coefficient (Wildman–Crippen LogP) is 1.46. The Morgan fingerprint density at radius 3 is 3.14 bits per heavy atom. The summed E-state index contributed by atoms with van der Waals surface area (Å²) in [5.74, 6) is 3.54. The van der Waals surface area contributed by atoms with Gasteiger partial charge in [-0.05, 0) is 19.8 Å². The van der Waals surface area contributed by atoms with Crippen LogP contribution in [0.5, 0.6) is 5.88 Å². The minimum absolute atomic E-state index is 0.592. The van der Waals surface area contributed by atoms with Crippen molar-refractivity contribution >= 4 is 5.82 Å². The fraction of sp³-hybridized carbons (Fsp3) is 0.571. The van der Waals surface area contributed by atoms with E-state index in [0.29, 0.717) is 12.5 Å². The van der Waals surface area contributed by atoms with E-state index in [0.717, 1.165) is 43.4 Å². The lowest BCUT2D eigenvalue weighted by atomic mass is 10.1. The zero-order chi connectivity index (χ0) is 14.5. The first-order valence-corrected chi connectivity index (χ1v) is 7.46. The average Bonchev–Trinajstić information content (AvgIpc) is 2.92. The van der Waals surface area contributed by atoms with Gasteiger partial charge in [0, 0.05) is 32.0 Å². The van der Waals surface area contributed by atoms with Crippen LogP contribution >= 0.6 is 0 Å². The monoisotopic (exact) mass is 288 g/mol. The fourth-order valence-corrected chi connectivity index (χ4v) is 2.52. The summed E-state index contributed by atoms with van der Waals surface area (Å²) in [4.78, 5) is 8.23. The Bertz CT molecular complexity index is 597. The van der Waals surface area contributed by atoms with Crippen LogP contribution in [0.15, 0.2) is 12.4 Å². The number of hydrogen-bond donors (Lipinski definition) is 1. The van der Waals surface area contributed by atoms with Crippen molar-refractivity contribution in [1.82, 2.24) is 24.7 Å². The van der Waals surface area contributed by atoms with Crippen LogP contribution in [0.1, 0.15) is 31.4 Å². The first-order chi connectivity index (χ1) is 10.4. The Kier molecular flexibility index (Phi) is 4.28. The molecular formula is C14H20N6O. The maximum absolute atomic E-state index is 5.36. The number of aromatic nitrogens is 5. The third-order valence-electron chi connectivity index (χ3n) is 3.53. The van der Waals surface area contributed by atoms with Crippen molar-refractivity contribution in [2.24, 2.45) is 0 Å². The third-order valence-corrected chi connectivity index (χ3v) is 3.53. The Morgan fingerprint density at radius 2 is 2.24 bits per heavy atom. The van der Waals surface area contributed by atoms with Gasteiger partial charge in [0.25, 0.3) is 0 Å². The fourth-order valence-electron chi connectivity index (χ4n) is 2.52. The molecule has 0 saturated heterocycles. The van der Waals surface area contributed by atoms with Crippen molar-refractivity contribution in [3.63, 3.8) is 0 Å². The first-order valence-electron chi connectivity index (χ1n) is 7.46. The summed E-state index contributed by atoms with van der Waals surface area (Å²) < 4.78 is 7.60. The lowest BCUT2D eigenvalue weighted by Gasteiger charge is -2.14. The summed E-state index contributed by atoms with van der Waals surface area (Å²) in [6, 6.07) is 1.81. The minimum atomic E-state index is 0.592. The summed E-state index contributed by atoms with van der Waals surface area (Å²) in [5, 5.41) is 11.8. The maximum atomic E-state index is 5.36. The maximum Gasteiger partial charge on any atom is 0.218 e. The zero-order valence-electron chi connectivity index (χ0n) is 12.2. The van der Waals surface area contributed by atoms with Crippen molar-refractivity contribution < 1.29 is 4.74 Å². The third kappa shape index (κ3) is 3.29. The molecule has 0 spiro atoms. The van der Waals surface area contributed by atoms with Crippen LogP contribution in [0.2, 0.25) is 0 Å². The van der Waals surface area contributed by atoms with Crippen molar-refractivity contribution in [1.29, 1.82) is 0 Å². The van der Waals surface area contributed by atoms with E-state index in [9.17, 15) is 0 Å². The van der Waals surface area contributed by atoms with Crippen LogP contribution in [0.25, 0.3) is 0 Å². The molecule has 0 radical (unpaired) electrons. The number of ether oxygens (including phenoxy) is 1. The Hall–Kier alpha value is -2.18. The second kappa shape index (κ2) is 6.51. The number of nitrogens with zero attached hydrogens (tertiary/aromatic N) is 5. The molecule has 0 aromatic carbocycles. The standard InChI is InChI=1S/C14H20N6O/c1-2-21-14-9-11(16-10-17-14)15-7-6-13-19-18-12-5-3-4-8-20(12)13/h9-10H,2-8H2,1H3,(H,15,16,17). The van der Waals surface area contributed by atoms with Gasteiger partial charge in [-0.25, -0.2) is 9.97 Å². The van der Waals surface area contributed by atoms with Gasteiger partial charge in [-0.1, -0.05) is 0 Å². The molecular weight excluding hydrogens is 268 g/mol. The topological polar surface area (TPSA) is 77.8 Å². The Balaban J connectivity index is 1.56. The highest BCUT2D eigenvalue weighted by molar-refractivity contribution is 5.37. The molecule has 0 saturated carbocycles. The largest absolute Gasteiger partial charge is 0.478 e. The molecule has 0 fully saturated rings. The van der Waals surface area contributed by atoms with Crippen molar-refractivity contribution in [2.75, 3.05) is 18.5 Å². The van der Waals surface area contributed by atoms with Gasteiger partial charge in [-0.3, -0.25) is 0 Å². The number of nitrogens with one attached hydrogen (secondary N) is 1.